The van der Waals surface area contributed by atoms with Crippen LogP contribution >= 0.6 is 0 Å². The maximum Gasteiger partial charge on any atom is 0.172 e. The fraction of sp³-hybridized carbons (Fsp3) is 0.0833. The molecule has 0 bridgehead atoms. The van der Waals surface area contributed by atoms with Gasteiger partial charge >= 0.3 is 0 Å². The van der Waals surface area contributed by atoms with Crippen LogP contribution in [0.2, 0.25) is 0 Å². The number of carboxylic acid groups (broad SMARTS) is 1. The van der Waals surface area contributed by atoms with Gasteiger partial charge in [-0.2, -0.15) is 0 Å². The minimum atomic E-state index is -1.32. The van der Waals surface area contributed by atoms with E-state index in [0.717, 1.165) is 22.5 Å². The van der Waals surface area contributed by atoms with Gasteiger partial charge in [0.05, 0.1) is 30.0 Å². The molecule has 150 valence electrons. The summed E-state index contributed by atoms with van der Waals surface area (Å²) < 4.78 is 10.9. The molecule has 0 saturated heterocycles. The van der Waals surface area contributed by atoms with Gasteiger partial charge in [-0.3, -0.25) is 0 Å². The number of imidazole rings is 1. The number of aromatic nitrogens is 2. The van der Waals surface area contributed by atoms with Crippen molar-refractivity contribution in [2.75, 3.05) is 13.7 Å². The zero-order chi connectivity index (χ0) is 20.9. The highest BCUT2D eigenvalue weighted by molar-refractivity contribution is 5.82. The van der Waals surface area contributed by atoms with E-state index in [-0.39, 0.29) is 5.75 Å². The van der Waals surface area contributed by atoms with Gasteiger partial charge in [0, 0.05) is 11.1 Å². The van der Waals surface area contributed by atoms with Crippen LogP contribution in [0.4, 0.5) is 0 Å². The zero-order valence-electron chi connectivity index (χ0n) is 16.3. The first kappa shape index (κ1) is 19.3. The first-order valence-electron chi connectivity index (χ1n) is 9.38. The van der Waals surface area contributed by atoms with E-state index < -0.39 is 12.6 Å². The fourth-order valence-electron chi connectivity index (χ4n) is 3.26. The number of rotatable bonds is 7. The molecule has 0 aliphatic rings. The summed E-state index contributed by atoms with van der Waals surface area (Å²) in [5.74, 6) is -0.0777. The van der Waals surface area contributed by atoms with Crippen LogP contribution in [-0.2, 0) is 4.79 Å². The van der Waals surface area contributed by atoms with Gasteiger partial charge < -0.3 is 24.4 Å². The van der Waals surface area contributed by atoms with E-state index in [1.54, 1.807) is 18.2 Å². The summed E-state index contributed by atoms with van der Waals surface area (Å²) in [5, 5.41) is 10.9. The number of carbonyl (C=O) groups excluding carboxylic acids is 1. The predicted octanol–water partition coefficient (Wildman–Crippen LogP) is 3.55. The zero-order valence-corrected chi connectivity index (χ0v) is 16.3. The molecule has 6 nitrogen and oxygen atoms in total. The molecule has 0 spiro atoms. The lowest BCUT2D eigenvalue weighted by Gasteiger charge is -2.14. The number of methoxy groups -OCH3 is 1. The van der Waals surface area contributed by atoms with Crippen LogP contribution in [0.25, 0.3) is 33.9 Å². The molecule has 0 saturated carbocycles. The number of benzene rings is 3. The second kappa shape index (κ2) is 8.53. The van der Waals surface area contributed by atoms with Gasteiger partial charge in [0.25, 0.3) is 0 Å². The third kappa shape index (κ3) is 3.89. The average molecular weight is 399 g/mol. The Morgan fingerprint density at radius 3 is 2.23 bits per heavy atom. The lowest BCUT2D eigenvalue weighted by atomic mass is 10.1. The maximum atomic E-state index is 10.9. The van der Waals surface area contributed by atoms with Crippen LogP contribution in [0.15, 0.2) is 78.9 Å². The van der Waals surface area contributed by atoms with E-state index >= 15 is 0 Å². The highest BCUT2D eigenvalue weighted by atomic mass is 16.5. The molecule has 0 fully saturated rings. The predicted molar refractivity (Wildman–Crippen MR) is 112 cm³/mol. The number of carbonyl (C=O) groups is 1. The summed E-state index contributed by atoms with van der Waals surface area (Å²) in [5.41, 5.74) is 4.17. The fourth-order valence-corrected chi connectivity index (χ4v) is 3.26. The van der Waals surface area contributed by atoms with Crippen molar-refractivity contribution in [1.29, 1.82) is 0 Å². The van der Waals surface area contributed by atoms with Crippen LogP contribution < -0.4 is 14.6 Å². The minimum Gasteiger partial charge on any atom is -0.546 e. The Morgan fingerprint density at radius 1 is 0.933 bits per heavy atom. The molecule has 30 heavy (non-hydrogen) atoms. The quantitative estimate of drug-likeness (QED) is 0.514. The van der Waals surface area contributed by atoms with Crippen LogP contribution in [0, 0.1) is 0 Å². The number of aliphatic carboxylic acids is 1. The molecule has 1 N–H and O–H groups in total. The van der Waals surface area contributed by atoms with Gasteiger partial charge in [-0.1, -0.05) is 66.7 Å². The van der Waals surface area contributed by atoms with Gasteiger partial charge in [-0.05, 0) is 12.1 Å². The molecular weight excluding hydrogens is 380 g/mol. The Balaban J connectivity index is 1.89. The van der Waals surface area contributed by atoms with Crippen molar-refractivity contribution in [1.82, 2.24) is 9.97 Å². The van der Waals surface area contributed by atoms with Crippen molar-refractivity contribution < 1.29 is 19.4 Å². The van der Waals surface area contributed by atoms with Crippen LogP contribution in [0.5, 0.6) is 11.5 Å². The summed E-state index contributed by atoms with van der Waals surface area (Å²) in [6, 6.07) is 25.0. The normalized spacial score (nSPS) is 10.6. The molecule has 4 rings (SSSR count). The van der Waals surface area contributed by atoms with Crippen LogP contribution in [-0.4, -0.2) is 29.7 Å². The van der Waals surface area contributed by atoms with Gasteiger partial charge in [0.1, 0.15) is 12.4 Å². The number of carboxylic acids is 1. The van der Waals surface area contributed by atoms with Crippen LogP contribution in [0.1, 0.15) is 0 Å². The molecule has 0 aliphatic heterocycles. The largest absolute Gasteiger partial charge is 0.546 e. The molecule has 0 amide bonds. The Labute approximate surface area is 173 Å². The Bertz CT molecular complexity index is 1100. The number of hydrogen-bond donors (Lipinski definition) is 1. The summed E-state index contributed by atoms with van der Waals surface area (Å²) in [7, 11) is 1.50. The van der Waals surface area contributed by atoms with E-state index in [9.17, 15) is 9.90 Å². The summed E-state index contributed by atoms with van der Waals surface area (Å²) in [6.07, 6.45) is 0. The van der Waals surface area contributed by atoms with Crippen LogP contribution in [0.3, 0.4) is 0 Å². The van der Waals surface area contributed by atoms with Crippen molar-refractivity contribution in [3.63, 3.8) is 0 Å². The summed E-state index contributed by atoms with van der Waals surface area (Å²) in [4.78, 5) is 19.2. The molecular formula is C24H19N2O4-. The van der Waals surface area contributed by atoms with E-state index in [1.807, 2.05) is 60.7 Å². The number of nitrogens with zero attached hydrogens (tertiary/aromatic N) is 1. The molecule has 1 aromatic heterocycles. The van der Waals surface area contributed by atoms with Gasteiger partial charge in [-0.15, -0.1) is 0 Å². The Morgan fingerprint density at radius 2 is 1.60 bits per heavy atom. The number of H-pyrrole nitrogens is 1. The first-order valence-corrected chi connectivity index (χ1v) is 9.38. The topological polar surface area (TPSA) is 87.3 Å². The SMILES string of the molecule is COc1cccc(-c2nc(-c3ccccc3)c(-c3ccccc3)[nH]2)c1OCC(=O)[O-]. The first-order chi connectivity index (χ1) is 14.7. The molecule has 3 aromatic carbocycles. The molecule has 1 heterocycles. The number of para-hydroxylation sites is 1. The lowest BCUT2D eigenvalue weighted by molar-refractivity contribution is -0.307. The highest BCUT2D eigenvalue weighted by Crippen LogP contribution is 2.40. The molecule has 6 heteroatoms. The van der Waals surface area contributed by atoms with Crippen molar-refractivity contribution in [3.05, 3.63) is 78.9 Å². The standard InChI is InChI=1S/C24H20N2O4/c1-29-19-14-8-13-18(23(19)30-15-20(27)28)24-25-21(16-9-4-2-5-10-16)22(26-24)17-11-6-3-7-12-17/h2-14H,15H2,1H3,(H,25,26)(H,27,28)/p-1. The number of aromatic amines is 1. The molecule has 4 aromatic rings. The van der Waals surface area contributed by atoms with E-state index in [0.29, 0.717) is 17.1 Å². The molecule has 0 radical (unpaired) electrons. The van der Waals surface area contributed by atoms with Gasteiger partial charge in [-0.25, -0.2) is 4.98 Å². The second-order valence-electron chi connectivity index (χ2n) is 6.54. The molecule has 0 aliphatic carbocycles. The smallest absolute Gasteiger partial charge is 0.172 e. The highest BCUT2D eigenvalue weighted by Gasteiger charge is 2.19. The summed E-state index contributed by atoms with van der Waals surface area (Å²) in [6.45, 7) is -0.592. The van der Waals surface area contributed by atoms with Gasteiger partial charge in [0.15, 0.2) is 11.5 Å². The number of hydrogen-bond acceptors (Lipinski definition) is 5. The van der Waals surface area contributed by atoms with Gasteiger partial charge in [0.2, 0.25) is 0 Å². The average Bonchev–Trinajstić information content (AvgIpc) is 3.24. The van der Waals surface area contributed by atoms with E-state index in [4.69, 9.17) is 14.5 Å². The second-order valence-corrected chi connectivity index (χ2v) is 6.54. The maximum absolute atomic E-state index is 10.9. The van der Waals surface area contributed by atoms with E-state index in [1.165, 1.54) is 7.11 Å². The van der Waals surface area contributed by atoms with E-state index in [2.05, 4.69) is 4.98 Å². The van der Waals surface area contributed by atoms with Crippen molar-refractivity contribution in [2.45, 2.75) is 0 Å². The molecule has 0 atom stereocenters. The van der Waals surface area contributed by atoms with Crippen molar-refractivity contribution in [2.24, 2.45) is 0 Å². The summed E-state index contributed by atoms with van der Waals surface area (Å²) >= 11 is 0. The lowest BCUT2D eigenvalue weighted by Crippen LogP contribution is -2.29. The molecule has 0 unspecified atom stereocenters. The van der Waals surface area contributed by atoms with Crippen molar-refractivity contribution in [3.8, 4) is 45.4 Å². The Kier molecular flexibility index (Phi) is 5.48. The Hall–Kier alpha value is -4.06. The number of nitrogens with one attached hydrogen (secondary N) is 1. The van der Waals surface area contributed by atoms with Crippen molar-refractivity contribution >= 4 is 5.97 Å². The minimum absolute atomic E-state index is 0.289. The number of ether oxygens (including phenoxy) is 2. The third-order valence-electron chi connectivity index (χ3n) is 4.60. The monoisotopic (exact) mass is 399 g/mol. The third-order valence-corrected chi connectivity index (χ3v) is 4.60.